The SMILES string of the molecule is CCc1nccn1-c1cncc(C2CCN(C(=O)c3cccnc3)CC2)n1. The standard InChI is InChI=1S/C20H22N6O/c1-2-18-23-8-11-26(18)19-14-22-13-17(24-19)15-5-9-25(10-6-15)20(27)16-4-3-7-21-12-16/h3-4,7-8,11-15H,2,5-6,9-10H2,1H3. The van der Waals surface area contributed by atoms with Crippen LogP contribution in [-0.4, -0.2) is 48.4 Å². The summed E-state index contributed by atoms with van der Waals surface area (Å²) in [5.41, 5.74) is 1.63. The number of hydrogen-bond acceptors (Lipinski definition) is 5. The normalized spacial score (nSPS) is 15.1. The Bertz CT molecular complexity index is 915. The number of pyridine rings is 1. The second-order valence-electron chi connectivity index (χ2n) is 6.68. The fraction of sp³-hybridized carbons (Fsp3) is 0.350. The zero-order chi connectivity index (χ0) is 18.6. The number of aryl methyl sites for hydroxylation is 1. The van der Waals surface area contributed by atoms with E-state index >= 15 is 0 Å². The molecular formula is C20H22N6O. The number of imidazole rings is 1. The van der Waals surface area contributed by atoms with Gasteiger partial charge in [-0.3, -0.25) is 19.3 Å². The lowest BCUT2D eigenvalue weighted by molar-refractivity contribution is 0.0711. The molecule has 0 atom stereocenters. The maximum Gasteiger partial charge on any atom is 0.255 e. The van der Waals surface area contributed by atoms with E-state index in [0.29, 0.717) is 11.5 Å². The van der Waals surface area contributed by atoms with Gasteiger partial charge in [-0.25, -0.2) is 9.97 Å². The van der Waals surface area contributed by atoms with Gasteiger partial charge in [-0.2, -0.15) is 0 Å². The van der Waals surface area contributed by atoms with Gasteiger partial charge in [0.2, 0.25) is 0 Å². The summed E-state index contributed by atoms with van der Waals surface area (Å²) in [6.07, 6.45) is 13.2. The fourth-order valence-electron chi connectivity index (χ4n) is 3.54. The molecule has 1 fully saturated rings. The number of aromatic nitrogens is 5. The molecule has 4 rings (SSSR count). The number of carbonyl (C=O) groups excluding carboxylic acids is 1. The van der Waals surface area contributed by atoms with Crippen molar-refractivity contribution in [3.63, 3.8) is 0 Å². The minimum Gasteiger partial charge on any atom is -0.339 e. The Hall–Kier alpha value is -3.09. The lowest BCUT2D eigenvalue weighted by Crippen LogP contribution is -2.38. The van der Waals surface area contributed by atoms with Crippen LogP contribution in [0.3, 0.4) is 0 Å². The van der Waals surface area contributed by atoms with E-state index < -0.39 is 0 Å². The molecule has 0 spiro atoms. The summed E-state index contributed by atoms with van der Waals surface area (Å²) in [5, 5.41) is 0. The Morgan fingerprint density at radius 1 is 1.15 bits per heavy atom. The van der Waals surface area contributed by atoms with Crippen LogP contribution in [0.15, 0.2) is 49.3 Å². The lowest BCUT2D eigenvalue weighted by Gasteiger charge is -2.31. The number of hydrogen-bond donors (Lipinski definition) is 0. The molecule has 0 N–H and O–H groups in total. The average molecular weight is 362 g/mol. The maximum atomic E-state index is 12.6. The van der Waals surface area contributed by atoms with Crippen LogP contribution in [0, 0.1) is 0 Å². The predicted octanol–water partition coefficient (Wildman–Crippen LogP) is 2.64. The number of likely N-dealkylation sites (tertiary alicyclic amines) is 1. The number of rotatable bonds is 4. The summed E-state index contributed by atoms with van der Waals surface area (Å²) < 4.78 is 1.98. The first-order chi connectivity index (χ1) is 13.3. The summed E-state index contributed by atoms with van der Waals surface area (Å²) >= 11 is 0. The van der Waals surface area contributed by atoms with E-state index in [0.717, 1.165) is 49.7 Å². The van der Waals surface area contributed by atoms with E-state index in [1.807, 2.05) is 27.9 Å². The minimum atomic E-state index is 0.0485. The Kier molecular flexibility index (Phi) is 4.91. The van der Waals surface area contributed by atoms with Gasteiger partial charge in [-0.1, -0.05) is 6.92 Å². The third-order valence-electron chi connectivity index (χ3n) is 5.03. The first-order valence-corrected chi connectivity index (χ1v) is 9.30. The molecule has 0 aromatic carbocycles. The van der Waals surface area contributed by atoms with Crippen LogP contribution in [0.2, 0.25) is 0 Å². The summed E-state index contributed by atoms with van der Waals surface area (Å²) in [5.74, 6) is 2.13. The van der Waals surface area contributed by atoms with Crippen LogP contribution in [0.4, 0.5) is 0 Å². The molecule has 0 aliphatic carbocycles. The van der Waals surface area contributed by atoms with E-state index in [1.54, 1.807) is 30.9 Å². The van der Waals surface area contributed by atoms with Gasteiger partial charge >= 0.3 is 0 Å². The van der Waals surface area contributed by atoms with Crippen LogP contribution < -0.4 is 0 Å². The van der Waals surface area contributed by atoms with Crippen molar-refractivity contribution in [3.8, 4) is 5.82 Å². The van der Waals surface area contributed by atoms with Crippen LogP contribution in [0.5, 0.6) is 0 Å². The number of amides is 1. The first kappa shape index (κ1) is 17.3. The smallest absolute Gasteiger partial charge is 0.255 e. The number of nitrogens with zero attached hydrogens (tertiary/aromatic N) is 6. The van der Waals surface area contributed by atoms with Crippen molar-refractivity contribution in [2.45, 2.75) is 32.1 Å². The van der Waals surface area contributed by atoms with Crippen LogP contribution in [0.1, 0.15) is 47.6 Å². The molecule has 1 aliphatic heterocycles. The van der Waals surface area contributed by atoms with Gasteiger partial charge in [-0.05, 0) is 25.0 Å². The molecule has 138 valence electrons. The van der Waals surface area contributed by atoms with Crippen molar-refractivity contribution in [2.75, 3.05) is 13.1 Å². The van der Waals surface area contributed by atoms with Crippen molar-refractivity contribution in [1.29, 1.82) is 0 Å². The minimum absolute atomic E-state index is 0.0485. The summed E-state index contributed by atoms with van der Waals surface area (Å²) in [7, 11) is 0. The second-order valence-corrected chi connectivity index (χ2v) is 6.68. The highest BCUT2D eigenvalue weighted by Gasteiger charge is 2.26. The molecular weight excluding hydrogens is 340 g/mol. The van der Waals surface area contributed by atoms with Gasteiger partial charge < -0.3 is 4.90 Å². The second kappa shape index (κ2) is 7.65. The summed E-state index contributed by atoms with van der Waals surface area (Å²) in [6, 6.07) is 3.61. The largest absolute Gasteiger partial charge is 0.339 e. The first-order valence-electron chi connectivity index (χ1n) is 9.30. The zero-order valence-corrected chi connectivity index (χ0v) is 15.3. The van der Waals surface area contributed by atoms with E-state index in [9.17, 15) is 4.79 Å². The fourth-order valence-corrected chi connectivity index (χ4v) is 3.54. The molecule has 7 heteroatoms. The van der Waals surface area contributed by atoms with Gasteiger partial charge in [0.15, 0.2) is 5.82 Å². The summed E-state index contributed by atoms with van der Waals surface area (Å²) in [4.78, 5) is 32.1. The third kappa shape index (κ3) is 3.58. The molecule has 1 amide bonds. The zero-order valence-electron chi connectivity index (χ0n) is 15.3. The topological polar surface area (TPSA) is 76.8 Å². The molecule has 1 saturated heterocycles. The average Bonchev–Trinajstić information content (AvgIpc) is 3.23. The monoisotopic (exact) mass is 362 g/mol. The van der Waals surface area contributed by atoms with Crippen molar-refractivity contribution in [3.05, 3.63) is 66.4 Å². The molecule has 0 saturated carbocycles. The van der Waals surface area contributed by atoms with Crippen molar-refractivity contribution < 1.29 is 4.79 Å². The molecule has 0 bridgehead atoms. The van der Waals surface area contributed by atoms with Gasteiger partial charge in [-0.15, -0.1) is 0 Å². The third-order valence-corrected chi connectivity index (χ3v) is 5.03. The van der Waals surface area contributed by atoms with Crippen molar-refractivity contribution in [2.24, 2.45) is 0 Å². The molecule has 3 aromatic rings. The van der Waals surface area contributed by atoms with E-state index in [-0.39, 0.29) is 5.91 Å². The van der Waals surface area contributed by atoms with Gasteiger partial charge in [0.05, 0.1) is 17.5 Å². The van der Waals surface area contributed by atoms with Crippen molar-refractivity contribution >= 4 is 5.91 Å². The van der Waals surface area contributed by atoms with Crippen LogP contribution in [0.25, 0.3) is 5.82 Å². The predicted molar refractivity (Wildman–Crippen MR) is 101 cm³/mol. The van der Waals surface area contributed by atoms with Gasteiger partial charge in [0, 0.05) is 56.4 Å². The maximum absolute atomic E-state index is 12.6. The quantitative estimate of drug-likeness (QED) is 0.713. The highest BCUT2D eigenvalue weighted by Crippen LogP contribution is 2.27. The van der Waals surface area contributed by atoms with Gasteiger partial charge in [0.1, 0.15) is 5.82 Å². The molecule has 4 heterocycles. The molecule has 0 radical (unpaired) electrons. The molecule has 0 unspecified atom stereocenters. The Morgan fingerprint density at radius 2 is 2.00 bits per heavy atom. The van der Waals surface area contributed by atoms with E-state index in [1.165, 1.54) is 0 Å². The number of piperidine rings is 1. The van der Waals surface area contributed by atoms with E-state index in [2.05, 4.69) is 21.9 Å². The highest BCUT2D eigenvalue weighted by molar-refractivity contribution is 5.93. The van der Waals surface area contributed by atoms with Crippen LogP contribution >= 0.6 is 0 Å². The Labute approximate surface area is 158 Å². The van der Waals surface area contributed by atoms with Crippen LogP contribution in [-0.2, 0) is 6.42 Å². The molecule has 1 aliphatic rings. The van der Waals surface area contributed by atoms with Gasteiger partial charge in [0.25, 0.3) is 5.91 Å². The lowest BCUT2D eigenvalue weighted by atomic mass is 9.93. The Balaban J connectivity index is 1.46. The number of carbonyl (C=O) groups is 1. The summed E-state index contributed by atoms with van der Waals surface area (Å²) in [6.45, 7) is 3.51. The molecule has 7 nitrogen and oxygen atoms in total. The Morgan fingerprint density at radius 3 is 2.74 bits per heavy atom. The molecule has 3 aromatic heterocycles. The molecule has 27 heavy (non-hydrogen) atoms. The highest BCUT2D eigenvalue weighted by atomic mass is 16.2. The van der Waals surface area contributed by atoms with E-state index in [4.69, 9.17) is 4.98 Å². The van der Waals surface area contributed by atoms with Crippen molar-refractivity contribution in [1.82, 2.24) is 29.4 Å².